The molecular formula is C16H18N6O. The Morgan fingerprint density at radius 1 is 1.26 bits per heavy atom. The normalized spacial score (nSPS) is 14.2. The minimum Gasteiger partial charge on any atom is -0.337 e. The van der Waals surface area contributed by atoms with Crippen LogP contribution in [0.25, 0.3) is 22.6 Å². The van der Waals surface area contributed by atoms with Crippen LogP contribution in [0, 0.1) is 13.8 Å². The van der Waals surface area contributed by atoms with Crippen LogP contribution in [0.2, 0.25) is 0 Å². The number of aromatic amines is 2. The van der Waals surface area contributed by atoms with Crippen molar-refractivity contribution in [3.05, 3.63) is 29.5 Å². The number of imidazole rings is 1. The highest BCUT2D eigenvalue weighted by atomic mass is 16.2. The number of urea groups is 1. The first-order chi connectivity index (χ1) is 11.1. The number of nitrogens with one attached hydrogen (secondary N) is 4. The van der Waals surface area contributed by atoms with Crippen molar-refractivity contribution < 1.29 is 4.79 Å². The number of fused-ring (bicyclic) bond motifs is 1. The SMILES string of the molecule is Cc1cc2nc(-c3n[nH]cc3NC(=O)NC3CC3)[nH]c2cc1C. The molecule has 3 aromatic rings. The molecule has 1 aromatic carbocycles. The molecule has 2 aromatic heterocycles. The highest BCUT2D eigenvalue weighted by Gasteiger charge is 2.24. The first kappa shape index (κ1) is 13.8. The Labute approximate surface area is 132 Å². The van der Waals surface area contributed by atoms with E-state index in [0.29, 0.717) is 23.2 Å². The van der Waals surface area contributed by atoms with E-state index < -0.39 is 0 Å². The predicted octanol–water partition coefficient (Wildman–Crippen LogP) is 2.85. The van der Waals surface area contributed by atoms with Crippen LogP contribution in [0.1, 0.15) is 24.0 Å². The van der Waals surface area contributed by atoms with Gasteiger partial charge >= 0.3 is 6.03 Å². The maximum absolute atomic E-state index is 11.9. The summed E-state index contributed by atoms with van der Waals surface area (Å²) in [6.07, 6.45) is 3.76. The van der Waals surface area contributed by atoms with E-state index in [1.807, 2.05) is 6.07 Å². The van der Waals surface area contributed by atoms with Crippen LogP contribution < -0.4 is 10.6 Å². The lowest BCUT2D eigenvalue weighted by atomic mass is 10.1. The van der Waals surface area contributed by atoms with Gasteiger partial charge in [0.1, 0.15) is 0 Å². The number of nitrogens with zero attached hydrogens (tertiary/aromatic N) is 2. The van der Waals surface area contributed by atoms with Gasteiger partial charge in [-0.15, -0.1) is 0 Å². The number of hydrogen-bond donors (Lipinski definition) is 4. The molecule has 0 unspecified atom stereocenters. The summed E-state index contributed by atoms with van der Waals surface area (Å²) in [6.45, 7) is 4.13. The first-order valence-corrected chi connectivity index (χ1v) is 7.69. The first-order valence-electron chi connectivity index (χ1n) is 7.69. The second kappa shape index (κ2) is 5.12. The summed E-state index contributed by atoms with van der Waals surface area (Å²) in [7, 11) is 0. The zero-order valence-electron chi connectivity index (χ0n) is 13.0. The van der Waals surface area contributed by atoms with Gasteiger partial charge in [-0.1, -0.05) is 0 Å². The summed E-state index contributed by atoms with van der Waals surface area (Å²) >= 11 is 0. The Kier molecular flexibility index (Phi) is 3.07. The molecule has 1 fully saturated rings. The lowest BCUT2D eigenvalue weighted by molar-refractivity contribution is 0.251. The Balaban J connectivity index is 1.65. The number of hydrogen-bond acceptors (Lipinski definition) is 3. The molecule has 0 saturated heterocycles. The third-order valence-electron chi connectivity index (χ3n) is 4.12. The molecule has 7 heteroatoms. The monoisotopic (exact) mass is 310 g/mol. The van der Waals surface area contributed by atoms with Crippen molar-refractivity contribution in [3.63, 3.8) is 0 Å². The van der Waals surface area contributed by atoms with Gasteiger partial charge in [-0.2, -0.15) is 5.10 Å². The summed E-state index contributed by atoms with van der Waals surface area (Å²) in [5, 5.41) is 12.7. The van der Waals surface area contributed by atoms with Crippen molar-refractivity contribution in [2.45, 2.75) is 32.7 Å². The maximum Gasteiger partial charge on any atom is 0.319 e. The largest absolute Gasteiger partial charge is 0.337 e. The number of carbonyl (C=O) groups excluding carboxylic acids is 1. The van der Waals surface area contributed by atoms with E-state index >= 15 is 0 Å². The zero-order valence-corrected chi connectivity index (χ0v) is 13.0. The van der Waals surface area contributed by atoms with Crippen LogP contribution in [-0.4, -0.2) is 32.2 Å². The standard InChI is InChI=1S/C16H18N6O/c1-8-5-11-12(6-9(8)2)20-15(19-11)14-13(7-17-22-14)21-16(23)18-10-3-4-10/h5-7,10H,3-4H2,1-2H3,(H,17,22)(H,19,20)(H2,18,21,23). The van der Waals surface area contributed by atoms with Crippen molar-refractivity contribution in [1.29, 1.82) is 0 Å². The second-order valence-electron chi connectivity index (χ2n) is 6.06. The number of anilines is 1. The van der Waals surface area contributed by atoms with Gasteiger partial charge in [-0.25, -0.2) is 9.78 Å². The van der Waals surface area contributed by atoms with Crippen LogP contribution >= 0.6 is 0 Å². The number of H-pyrrole nitrogens is 2. The van der Waals surface area contributed by atoms with E-state index in [4.69, 9.17) is 0 Å². The summed E-state index contributed by atoms with van der Waals surface area (Å²) < 4.78 is 0. The van der Waals surface area contributed by atoms with Crippen LogP contribution in [0.5, 0.6) is 0 Å². The number of rotatable bonds is 3. The van der Waals surface area contributed by atoms with Crippen molar-refractivity contribution in [2.24, 2.45) is 0 Å². The Morgan fingerprint density at radius 3 is 2.83 bits per heavy atom. The van der Waals surface area contributed by atoms with Crippen LogP contribution in [-0.2, 0) is 0 Å². The zero-order chi connectivity index (χ0) is 16.0. The average Bonchev–Trinajstić information content (AvgIpc) is 3.04. The molecule has 0 spiro atoms. The molecule has 1 aliphatic carbocycles. The topological polar surface area (TPSA) is 98.5 Å². The fourth-order valence-electron chi connectivity index (χ4n) is 2.52. The average molecular weight is 310 g/mol. The van der Waals surface area contributed by atoms with Gasteiger partial charge in [0.25, 0.3) is 0 Å². The highest BCUT2D eigenvalue weighted by molar-refractivity contribution is 5.93. The molecule has 7 nitrogen and oxygen atoms in total. The molecule has 2 amide bonds. The summed E-state index contributed by atoms with van der Waals surface area (Å²) in [5.41, 5.74) is 5.45. The molecule has 0 radical (unpaired) electrons. The van der Waals surface area contributed by atoms with E-state index in [-0.39, 0.29) is 6.03 Å². The van der Waals surface area contributed by atoms with E-state index in [2.05, 4.69) is 50.7 Å². The molecule has 0 aliphatic heterocycles. The third kappa shape index (κ3) is 2.65. The van der Waals surface area contributed by atoms with Gasteiger partial charge in [-0.05, 0) is 49.9 Å². The van der Waals surface area contributed by atoms with Gasteiger partial charge in [0.15, 0.2) is 11.5 Å². The number of benzene rings is 1. The van der Waals surface area contributed by atoms with Crippen LogP contribution in [0.3, 0.4) is 0 Å². The van der Waals surface area contributed by atoms with Crippen molar-refractivity contribution in [3.8, 4) is 11.5 Å². The third-order valence-corrected chi connectivity index (χ3v) is 4.12. The van der Waals surface area contributed by atoms with Gasteiger partial charge < -0.3 is 15.6 Å². The quantitative estimate of drug-likeness (QED) is 0.598. The highest BCUT2D eigenvalue weighted by Crippen LogP contribution is 2.27. The summed E-state index contributed by atoms with van der Waals surface area (Å²) in [5.74, 6) is 0.632. The number of amides is 2. The van der Waals surface area contributed by atoms with Crippen molar-refractivity contribution in [2.75, 3.05) is 5.32 Å². The summed E-state index contributed by atoms with van der Waals surface area (Å²) in [6, 6.07) is 4.21. The molecule has 0 atom stereocenters. The number of aryl methyl sites for hydroxylation is 2. The molecule has 2 heterocycles. The van der Waals surface area contributed by atoms with E-state index in [0.717, 1.165) is 23.9 Å². The number of aromatic nitrogens is 4. The lowest BCUT2D eigenvalue weighted by Gasteiger charge is -2.05. The fraction of sp³-hybridized carbons (Fsp3) is 0.312. The van der Waals surface area contributed by atoms with Crippen molar-refractivity contribution >= 4 is 22.8 Å². The summed E-state index contributed by atoms with van der Waals surface area (Å²) in [4.78, 5) is 19.8. The maximum atomic E-state index is 11.9. The minimum absolute atomic E-state index is 0.210. The molecule has 4 N–H and O–H groups in total. The molecule has 1 saturated carbocycles. The Hall–Kier alpha value is -2.83. The minimum atomic E-state index is -0.210. The lowest BCUT2D eigenvalue weighted by Crippen LogP contribution is -2.30. The van der Waals surface area contributed by atoms with Gasteiger partial charge in [0, 0.05) is 12.2 Å². The van der Waals surface area contributed by atoms with Crippen molar-refractivity contribution in [1.82, 2.24) is 25.5 Å². The van der Waals surface area contributed by atoms with Crippen LogP contribution in [0.4, 0.5) is 10.5 Å². The molecule has 23 heavy (non-hydrogen) atoms. The Morgan fingerprint density at radius 2 is 2.04 bits per heavy atom. The predicted molar refractivity (Wildman–Crippen MR) is 88.3 cm³/mol. The molecule has 4 rings (SSSR count). The fourth-order valence-corrected chi connectivity index (χ4v) is 2.52. The number of carbonyl (C=O) groups is 1. The molecule has 0 bridgehead atoms. The second-order valence-corrected chi connectivity index (χ2v) is 6.06. The molecular weight excluding hydrogens is 292 g/mol. The molecule has 1 aliphatic rings. The van der Waals surface area contributed by atoms with E-state index in [9.17, 15) is 4.79 Å². The van der Waals surface area contributed by atoms with Gasteiger partial charge in [0.2, 0.25) is 0 Å². The Bertz CT molecular complexity index is 850. The van der Waals surface area contributed by atoms with E-state index in [1.54, 1.807) is 6.20 Å². The van der Waals surface area contributed by atoms with Crippen LogP contribution in [0.15, 0.2) is 18.3 Å². The smallest absolute Gasteiger partial charge is 0.319 e. The van der Waals surface area contributed by atoms with E-state index in [1.165, 1.54) is 11.1 Å². The van der Waals surface area contributed by atoms with Gasteiger partial charge in [-0.3, -0.25) is 5.10 Å². The molecule has 118 valence electrons. The van der Waals surface area contributed by atoms with Gasteiger partial charge in [0.05, 0.1) is 16.7 Å².